The minimum Gasteiger partial charge on any atom is -0.502 e. The first-order chi connectivity index (χ1) is 9.97. The highest BCUT2D eigenvalue weighted by molar-refractivity contribution is 6.42. The molecular formula is C13H9Cl2N3O3. The molecule has 0 bridgehead atoms. The summed E-state index contributed by atoms with van der Waals surface area (Å²) in [6.07, 6.45) is 1.38. The average Bonchev–Trinajstić information content (AvgIpc) is 2.44. The molecule has 108 valence electrons. The van der Waals surface area contributed by atoms with E-state index < -0.39 is 10.7 Å². The van der Waals surface area contributed by atoms with Crippen LogP contribution in [-0.2, 0) is 0 Å². The molecule has 0 aliphatic carbocycles. The number of hydrazone groups is 1. The standard InChI is InChI=1S/C13H9Cl2N3O3/c14-10-3-2-9(6-11(10)15)17-16-7-8-1-4-13(19)12(5-8)18(20)21/h1-7,17,19H/b16-7+. The molecule has 0 saturated heterocycles. The second-order valence-corrected chi connectivity index (χ2v) is 4.82. The molecule has 0 aromatic heterocycles. The lowest BCUT2D eigenvalue weighted by atomic mass is 10.2. The molecule has 0 aliphatic heterocycles. The summed E-state index contributed by atoms with van der Waals surface area (Å²) < 4.78 is 0. The van der Waals surface area contributed by atoms with Crippen molar-refractivity contribution in [2.75, 3.05) is 5.43 Å². The van der Waals surface area contributed by atoms with Crippen LogP contribution in [-0.4, -0.2) is 16.2 Å². The SMILES string of the molecule is O=[N+]([O-])c1cc(/C=N/Nc2ccc(Cl)c(Cl)c2)ccc1O. The molecule has 6 nitrogen and oxygen atoms in total. The number of hydrogen-bond donors (Lipinski definition) is 2. The van der Waals surface area contributed by atoms with Crippen LogP contribution >= 0.6 is 23.2 Å². The summed E-state index contributed by atoms with van der Waals surface area (Å²) in [6.45, 7) is 0. The Morgan fingerprint density at radius 2 is 1.95 bits per heavy atom. The van der Waals surface area contributed by atoms with Gasteiger partial charge in [-0.3, -0.25) is 15.5 Å². The van der Waals surface area contributed by atoms with Crippen molar-refractivity contribution in [3.05, 3.63) is 62.1 Å². The Morgan fingerprint density at radius 1 is 1.19 bits per heavy atom. The molecule has 0 fully saturated rings. The van der Waals surface area contributed by atoms with E-state index in [1.807, 2.05) is 0 Å². The summed E-state index contributed by atoms with van der Waals surface area (Å²) in [7, 11) is 0. The van der Waals surface area contributed by atoms with Crippen LogP contribution in [0.25, 0.3) is 0 Å². The third kappa shape index (κ3) is 3.84. The van der Waals surface area contributed by atoms with Gasteiger partial charge >= 0.3 is 5.69 Å². The van der Waals surface area contributed by atoms with E-state index in [0.29, 0.717) is 21.3 Å². The fraction of sp³-hybridized carbons (Fsp3) is 0. The Morgan fingerprint density at radius 3 is 2.62 bits per heavy atom. The third-order valence-electron chi connectivity index (χ3n) is 2.52. The molecule has 8 heteroatoms. The number of phenols is 1. The third-order valence-corrected chi connectivity index (χ3v) is 3.26. The molecule has 0 aliphatic rings. The van der Waals surface area contributed by atoms with Crippen molar-refractivity contribution in [2.45, 2.75) is 0 Å². The van der Waals surface area contributed by atoms with E-state index in [2.05, 4.69) is 10.5 Å². The van der Waals surface area contributed by atoms with Crippen molar-refractivity contribution in [3.63, 3.8) is 0 Å². The van der Waals surface area contributed by atoms with Crippen molar-refractivity contribution < 1.29 is 10.0 Å². The van der Waals surface area contributed by atoms with Crippen molar-refractivity contribution in [1.29, 1.82) is 0 Å². The Bertz CT molecular complexity index is 720. The number of halogens is 2. The van der Waals surface area contributed by atoms with E-state index in [1.165, 1.54) is 24.4 Å². The van der Waals surface area contributed by atoms with Crippen LogP contribution in [0.3, 0.4) is 0 Å². The van der Waals surface area contributed by atoms with Gasteiger partial charge in [0, 0.05) is 11.6 Å². The number of benzene rings is 2. The van der Waals surface area contributed by atoms with Gasteiger partial charge in [0.2, 0.25) is 0 Å². The molecule has 0 radical (unpaired) electrons. The van der Waals surface area contributed by atoms with Crippen LogP contribution in [0.2, 0.25) is 10.0 Å². The minimum absolute atomic E-state index is 0.381. The Labute approximate surface area is 129 Å². The van der Waals surface area contributed by atoms with E-state index in [9.17, 15) is 15.2 Å². The van der Waals surface area contributed by atoms with E-state index in [4.69, 9.17) is 23.2 Å². The van der Waals surface area contributed by atoms with Gasteiger partial charge in [0.05, 0.1) is 26.9 Å². The number of aromatic hydroxyl groups is 1. The highest BCUT2D eigenvalue weighted by Crippen LogP contribution is 2.26. The van der Waals surface area contributed by atoms with Gasteiger partial charge in [-0.15, -0.1) is 0 Å². The van der Waals surface area contributed by atoms with Gasteiger partial charge in [-0.05, 0) is 30.3 Å². The molecule has 21 heavy (non-hydrogen) atoms. The van der Waals surface area contributed by atoms with Crippen molar-refractivity contribution in [3.8, 4) is 5.75 Å². The maximum absolute atomic E-state index is 10.7. The highest BCUT2D eigenvalue weighted by Gasteiger charge is 2.12. The molecule has 2 aromatic carbocycles. The number of rotatable bonds is 4. The fourth-order valence-electron chi connectivity index (χ4n) is 1.51. The fourth-order valence-corrected chi connectivity index (χ4v) is 1.81. The molecule has 2 rings (SSSR count). The van der Waals surface area contributed by atoms with Crippen molar-refractivity contribution in [1.82, 2.24) is 0 Å². The zero-order valence-corrected chi connectivity index (χ0v) is 12.0. The monoisotopic (exact) mass is 325 g/mol. The van der Waals surface area contributed by atoms with Gasteiger partial charge in [0.25, 0.3) is 0 Å². The topological polar surface area (TPSA) is 87.8 Å². The quantitative estimate of drug-likeness (QED) is 0.504. The van der Waals surface area contributed by atoms with E-state index in [1.54, 1.807) is 18.2 Å². The van der Waals surface area contributed by atoms with Crippen LogP contribution in [0.15, 0.2) is 41.5 Å². The zero-order valence-electron chi connectivity index (χ0n) is 10.5. The number of nitrogens with zero attached hydrogens (tertiary/aromatic N) is 2. The summed E-state index contributed by atoms with van der Waals surface area (Å²) in [5, 5.41) is 24.8. The highest BCUT2D eigenvalue weighted by atomic mass is 35.5. The number of phenolic OH excluding ortho intramolecular Hbond substituents is 1. The molecule has 0 atom stereocenters. The summed E-state index contributed by atoms with van der Waals surface area (Å²) in [5.41, 5.74) is 3.42. The first-order valence-corrected chi connectivity index (χ1v) is 6.44. The smallest absolute Gasteiger partial charge is 0.311 e. The first kappa shape index (κ1) is 15.1. The van der Waals surface area contributed by atoms with Crippen LogP contribution in [0.1, 0.15) is 5.56 Å². The second-order valence-electron chi connectivity index (χ2n) is 4.00. The predicted molar refractivity (Wildman–Crippen MR) is 82.4 cm³/mol. The molecular weight excluding hydrogens is 317 g/mol. The summed E-state index contributed by atoms with van der Waals surface area (Å²) >= 11 is 11.6. The zero-order chi connectivity index (χ0) is 15.4. The Kier molecular flexibility index (Phi) is 4.62. The number of hydrogen-bond acceptors (Lipinski definition) is 5. The lowest BCUT2D eigenvalue weighted by molar-refractivity contribution is -0.385. The van der Waals surface area contributed by atoms with E-state index in [-0.39, 0.29) is 5.69 Å². The predicted octanol–water partition coefficient (Wildman–Crippen LogP) is 4.05. The van der Waals surface area contributed by atoms with Gasteiger partial charge in [-0.25, -0.2) is 0 Å². The molecule has 0 unspecified atom stereocenters. The number of nitro groups is 1. The molecule has 0 saturated carbocycles. The van der Waals surface area contributed by atoms with Gasteiger partial charge in [0.15, 0.2) is 5.75 Å². The first-order valence-electron chi connectivity index (χ1n) is 5.69. The number of nitro benzene ring substituents is 1. The molecule has 0 amide bonds. The average molecular weight is 326 g/mol. The summed E-state index contributed by atoms with van der Waals surface area (Å²) in [5.74, 6) is -0.394. The van der Waals surface area contributed by atoms with Crippen LogP contribution < -0.4 is 5.43 Å². The van der Waals surface area contributed by atoms with Gasteiger partial charge in [-0.2, -0.15) is 5.10 Å². The normalized spacial score (nSPS) is 10.8. The molecule has 0 heterocycles. The van der Waals surface area contributed by atoms with Crippen molar-refractivity contribution in [2.24, 2.45) is 5.10 Å². The second kappa shape index (κ2) is 6.43. The van der Waals surface area contributed by atoms with Crippen LogP contribution in [0, 0.1) is 10.1 Å². The molecule has 0 spiro atoms. The maximum Gasteiger partial charge on any atom is 0.311 e. The van der Waals surface area contributed by atoms with E-state index >= 15 is 0 Å². The molecule has 2 aromatic rings. The summed E-state index contributed by atoms with van der Waals surface area (Å²) in [6, 6.07) is 8.86. The number of anilines is 1. The van der Waals surface area contributed by atoms with Gasteiger partial charge in [0.1, 0.15) is 0 Å². The van der Waals surface area contributed by atoms with Gasteiger partial charge in [-0.1, -0.05) is 23.2 Å². The lowest BCUT2D eigenvalue weighted by Crippen LogP contribution is -1.93. The minimum atomic E-state index is -0.668. The molecule has 2 N–H and O–H groups in total. The van der Waals surface area contributed by atoms with Crippen LogP contribution in [0.5, 0.6) is 5.75 Å². The largest absolute Gasteiger partial charge is 0.502 e. The summed E-state index contributed by atoms with van der Waals surface area (Å²) in [4.78, 5) is 10.0. The lowest BCUT2D eigenvalue weighted by Gasteiger charge is -2.02. The van der Waals surface area contributed by atoms with Crippen molar-refractivity contribution >= 4 is 40.8 Å². The maximum atomic E-state index is 10.7. The Hall–Kier alpha value is -2.31. The van der Waals surface area contributed by atoms with Crippen LogP contribution in [0.4, 0.5) is 11.4 Å². The van der Waals surface area contributed by atoms with E-state index in [0.717, 1.165) is 0 Å². The van der Waals surface area contributed by atoms with Gasteiger partial charge < -0.3 is 5.11 Å². The number of nitrogens with one attached hydrogen (secondary N) is 1. The Balaban J connectivity index is 2.12.